The van der Waals surface area contributed by atoms with Crippen molar-refractivity contribution in [2.75, 3.05) is 33.4 Å². The number of ether oxygens (including phenoxy) is 2. The third-order valence-electron chi connectivity index (χ3n) is 4.35. The normalized spacial score (nSPS) is 11.3. The quantitative estimate of drug-likeness (QED) is 0.293. The van der Waals surface area contributed by atoms with Crippen LogP contribution in [-0.2, 0) is 6.42 Å². The van der Waals surface area contributed by atoms with Crippen LogP contribution in [0.1, 0.15) is 12.6 Å². The molecule has 0 bridgehead atoms. The second kappa shape index (κ2) is 11.6. The van der Waals surface area contributed by atoms with Gasteiger partial charge < -0.3 is 24.5 Å². The number of nitrogens with zero attached hydrogens (tertiary/aromatic N) is 2. The van der Waals surface area contributed by atoms with Gasteiger partial charge >= 0.3 is 0 Å². The summed E-state index contributed by atoms with van der Waals surface area (Å²) in [6, 6.07) is 13.5. The number of aliphatic imine (C=N–C) groups is 1. The van der Waals surface area contributed by atoms with E-state index in [9.17, 15) is 4.39 Å². The minimum atomic E-state index is -0.289. The summed E-state index contributed by atoms with van der Waals surface area (Å²) in [4.78, 5) is 9.01. The highest BCUT2D eigenvalue weighted by Crippen LogP contribution is 2.19. The van der Waals surface area contributed by atoms with Crippen LogP contribution in [0.5, 0.6) is 11.5 Å². The Hall–Kier alpha value is -3.55. The number of nitrogens with one attached hydrogen (secondary N) is 2. The summed E-state index contributed by atoms with van der Waals surface area (Å²) in [5.74, 6) is 2.47. The molecule has 7 nitrogen and oxygen atoms in total. The molecular weight excluding hydrogens is 399 g/mol. The predicted octanol–water partition coefficient (Wildman–Crippen LogP) is 3.67. The van der Waals surface area contributed by atoms with Gasteiger partial charge in [-0.1, -0.05) is 0 Å². The fourth-order valence-electron chi connectivity index (χ4n) is 2.78. The van der Waals surface area contributed by atoms with E-state index in [1.54, 1.807) is 25.5 Å². The fraction of sp³-hybridized carbons (Fsp3) is 0.304. The summed E-state index contributed by atoms with van der Waals surface area (Å²) in [5.41, 5.74) is 1.53. The number of oxazole rings is 1. The van der Waals surface area contributed by atoms with Crippen LogP contribution < -0.4 is 20.1 Å². The number of rotatable bonds is 10. The van der Waals surface area contributed by atoms with Crippen LogP contribution in [0.2, 0.25) is 0 Å². The molecule has 0 aliphatic carbocycles. The minimum absolute atomic E-state index is 0.289. The van der Waals surface area contributed by atoms with Gasteiger partial charge in [0.25, 0.3) is 0 Å². The van der Waals surface area contributed by atoms with Crippen molar-refractivity contribution in [1.29, 1.82) is 0 Å². The van der Waals surface area contributed by atoms with Crippen LogP contribution in [0.4, 0.5) is 4.39 Å². The summed E-state index contributed by atoms with van der Waals surface area (Å²) in [5, 5.41) is 6.45. The van der Waals surface area contributed by atoms with Gasteiger partial charge in [-0.25, -0.2) is 9.37 Å². The van der Waals surface area contributed by atoms with Gasteiger partial charge in [0.1, 0.15) is 30.2 Å². The summed E-state index contributed by atoms with van der Waals surface area (Å²) in [6.07, 6.45) is 2.24. The molecule has 3 aromatic rings. The first-order valence-electron chi connectivity index (χ1n) is 10.2. The molecule has 2 aromatic carbocycles. The van der Waals surface area contributed by atoms with Gasteiger partial charge in [0, 0.05) is 25.1 Å². The zero-order chi connectivity index (χ0) is 21.9. The molecule has 0 atom stereocenters. The van der Waals surface area contributed by atoms with Gasteiger partial charge in [-0.05, 0) is 55.5 Å². The standard InChI is InChI=1S/C23H27FN4O3/c1-3-25-23(27-14-15-30-21-10-8-20(29-2)9-11-21)26-13-12-19-16-31-22(28-19)17-4-6-18(24)7-5-17/h4-11,16H,3,12-15H2,1-2H3,(H2,25,26,27). The number of methoxy groups -OCH3 is 1. The average Bonchev–Trinajstić information content (AvgIpc) is 3.26. The van der Waals surface area contributed by atoms with Crippen molar-refractivity contribution in [1.82, 2.24) is 15.6 Å². The van der Waals surface area contributed by atoms with Crippen LogP contribution in [0.3, 0.4) is 0 Å². The third kappa shape index (κ3) is 7.02. The van der Waals surface area contributed by atoms with Gasteiger partial charge in [-0.2, -0.15) is 0 Å². The first-order chi connectivity index (χ1) is 15.2. The van der Waals surface area contributed by atoms with Crippen LogP contribution in [0.25, 0.3) is 11.5 Å². The zero-order valence-electron chi connectivity index (χ0n) is 17.7. The Balaban J connectivity index is 1.44. The molecule has 0 aliphatic heterocycles. The molecule has 0 saturated heterocycles. The smallest absolute Gasteiger partial charge is 0.226 e. The van der Waals surface area contributed by atoms with Crippen molar-refractivity contribution in [3.8, 4) is 23.0 Å². The van der Waals surface area contributed by atoms with E-state index in [1.165, 1.54) is 12.1 Å². The molecule has 8 heteroatoms. The van der Waals surface area contributed by atoms with Gasteiger partial charge in [-0.3, -0.25) is 4.99 Å². The number of benzene rings is 2. The van der Waals surface area contributed by atoms with E-state index >= 15 is 0 Å². The van der Waals surface area contributed by atoms with E-state index in [1.807, 2.05) is 31.2 Å². The Morgan fingerprint density at radius 1 is 1.06 bits per heavy atom. The molecular formula is C23H27FN4O3. The van der Waals surface area contributed by atoms with Crippen molar-refractivity contribution in [2.45, 2.75) is 13.3 Å². The highest BCUT2D eigenvalue weighted by Gasteiger charge is 2.07. The van der Waals surface area contributed by atoms with Gasteiger partial charge in [0.05, 0.1) is 19.3 Å². The topological polar surface area (TPSA) is 80.9 Å². The Labute approximate surface area is 181 Å². The lowest BCUT2D eigenvalue weighted by atomic mass is 10.2. The van der Waals surface area contributed by atoms with E-state index in [0.29, 0.717) is 38.0 Å². The molecule has 0 radical (unpaired) electrons. The maximum Gasteiger partial charge on any atom is 0.226 e. The number of halogens is 1. The zero-order valence-corrected chi connectivity index (χ0v) is 17.7. The largest absolute Gasteiger partial charge is 0.497 e. The Bertz CT molecular complexity index is 956. The Morgan fingerprint density at radius 2 is 1.81 bits per heavy atom. The van der Waals surface area contributed by atoms with E-state index in [-0.39, 0.29) is 5.82 Å². The molecule has 31 heavy (non-hydrogen) atoms. The minimum Gasteiger partial charge on any atom is -0.497 e. The Kier molecular flexibility index (Phi) is 8.28. The van der Waals surface area contributed by atoms with Gasteiger partial charge in [-0.15, -0.1) is 0 Å². The van der Waals surface area contributed by atoms with Gasteiger partial charge in [0.15, 0.2) is 5.96 Å². The first kappa shape index (κ1) is 22.1. The van der Waals surface area contributed by atoms with E-state index < -0.39 is 0 Å². The summed E-state index contributed by atoms with van der Waals surface area (Å²) in [7, 11) is 1.63. The summed E-state index contributed by atoms with van der Waals surface area (Å²) >= 11 is 0. The molecule has 1 aromatic heterocycles. The van der Waals surface area contributed by atoms with E-state index in [0.717, 1.165) is 29.3 Å². The SMILES string of the molecule is CCNC(=NCCc1coc(-c2ccc(F)cc2)n1)NCCOc1ccc(OC)cc1. The highest BCUT2D eigenvalue weighted by atomic mass is 19.1. The average molecular weight is 426 g/mol. The molecule has 0 saturated carbocycles. The number of hydrogen-bond acceptors (Lipinski definition) is 5. The molecule has 0 fully saturated rings. The molecule has 1 heterocycles. The van der Waals surface area contributed by atoms with Crippen molar-refractivity contribution >= 4 is 5.96 Å². The second-order valence-corrected chi connectivity index (χ2v) is 6.61. The lowest BCUT2D eigenvalue weighted by Crippen LogP contribution is -2.39. The van der Waals surface area contributed by atoms with Crippen LogP contribution in [-0.4, -0.2) is 44.3 Å². The Morgan fingerprint density at radius 3 is 2.52 bits per heavy atom. The monoisotopic (exact) mass is 426 g/mol. The fourth-order valence-corrected chi connectivity index (χ4v) is 2.78. The predicted molar refractivity (Wildman–Crippen MR) is 118 cm³/mol. The first-order valence-corrected chi connectivity index (χ1v) is 10.2. The summed E-state index contributed by atoms with van der Waals surface area (Å²) < 4.78 is 29.4. The van der Waals surface area contributed by atoms with Crippen molar-refractivity contribution in [2.24, 2.45) is 4.99 Å². The second-order valence-electron chi connectivity index (χ2n) is 6.61. The maximum atomic E-state index is 13.0. The lowest BCUT2D eigenvalue weighted by Gasteiger charge is -2.12. The number of guanidine groups is 1. The van der Waals surface area contributed by atoms with E-state index in [4.69, 9.17) is 13.9 Å². The third-order valence-corrected chi connectivity index (χ3v) is 4.35. The molecule has 0 unspecified atom stereocenters. The van der Waals surface area contributed by atoms with Crippen molar-refractivity contribution in [3.63, 3.8) is 0 Å². The molecule has 164 valence electrons. The van der Waals surface area contributed by atoms with Crippen LogP contribution in [0.15, 0.2) is 64.2 Å². The van der Waals surface area contributed by atoms with Crippen molar-refractivity contribution in [3.05, 3.63) is 66.3 Å². The van der Waals surface area contributed by atoms with Crippen LogP contribution >= 0.6 is 0 Å². The lowest BCUT2D eigenvalue weighted by molar-refractivity contribution is 0.321. The maximum absolute atomic E-state index is 13.0. The molecule has 3 rings (SSSR count). The number of hydrogen-bond donors (Lipinski definition) is 2. The molecule has 0 spiro atoms. The van der Waals surface area contributed by atoms with E-state index in [2.05, 4.69) is 20.6 Å². The molecule has 2 N–H and O–H groups in total. The molecule has 0 aliphatic rings. The van der Waals surface area contributed by atoms with Crippen LogP contribution in [0, 0.1) is 5.82 Å². The van der Waals surface area contributed by atoms with Gasteiger partial charge in [0.2, 0.25) is 5.89 Å². The number of aromatic nitrogens is 1. The molecule has 0 amide bonds. The summed E-state index contributed by atoms with van der Waals surface area (Å²) in [6.45, 7) is 4.42. The van der Waals surface area contributed by atoms with Crippen molar-refractivity contribution < 1.29 is 18.3 Å². The highest BCUT2D eigenvalue weighted by molar-refractivity contribution is 5.79.